The highest BCUT2D eigenvalue weighted by Gasteiger charge is 2.21. The monoisotopic (exact) mass is 313 g/mol. The molecule has 3 aromatic rings. The molecule has 0 saturated heterocycles. The van der Waals surface area contributed by atoms with E-state index in [0.29, 0.717) is 17.1 Å². The van der Waals surface area contributed by atoms with Crippen molar-refractivity contribution in [2.24, 2.45) is 0 Å². The third-order valence-electron chi connectivity index (χ3n) is 3.33. The van der Waals surface area contributed by atoms with Crippen LogP contribution >= 0.6 is 0 Å². The molecule has 0 saturated carbocycles. The molecule has 0 radical (unpaired) electrons. The van der Waals surface area contributed by atoms with Gasteiger partial charge in [-0.25, -0.2) is 17.4 Å². The van der Waals surface area contributed by atoms with Crippen molar-refractivity contribution in [3.05, 3.63) is 66.2 Å². The minimum absolute atomic E-state index is 0.241. The zero-order valence-electron chi connectivity index (χ0n) is 12.3. The maximum absolute atomic E-state index is 12.8. The summed E-state index contributed by atoms with van der Waals surface area (Å²) in [5, 5.41) is 0. The zero-order chi connectivity index (χ0) is 15.7. The molecule has 0 bridgehead atoms. The summed E-state index contributed by atoms with van der Waals surface area (Å²) in [6.07, 6.45) is 3.19. The Kier molecular flexibility index (Phi) is 3.54. The number of benzene rings is 1. The highest BCUT2D eigenvalue weighted by Crippen LogP contribution is 2.25. The summed E-state index contributed by atoms with van der Waals surface area (Å²) in [6, 6.07) is 11.8. The predicted octanol–water partition coefficient (Wildman–Crippen LogP) is 2.80. The van der Waals surface area contributed by atoms with Crippen LogP contribution in [-0.4, -0.2) is 22.4 Å². The SMILES string of the molecule is Cc1cnc(C)c(-c2cccn2S(=O)(=O)c2ccccc2)n1. The second-order valence-electron chi connectivity index (χ2n) is 4.95. The van der Waals surface area contributed by atoms with E-state index in [1.54, 1.807) is 48.7 Å². The van der Waals surface area contributed by atoms with Crippen LogP contribution in [0.2, 0.25) is 0 Å². The van der Waals surface area contributed by atoms with Crippen molar-refractivity contribution in [2.75, 3.05) is 0 Å². The maximum Gasteiger partial charge on any atom is 0.268 e. The first kappa shape index (κ1) is 14.5. The van der Waals surface area contributed by atoms with E-state index in [1.165, 1.54) is 10.2 Å². The average molecular weight is 313 g/mol. The lowest BCUT2D eigenvalue weighted by Crippen LogP contribution is -2.14. The lowest BCUT2D eigenvalue weighted by atomic mass is 10.2. The molecular formula is C16H15N3O2S. The van der Waals surface area contributed by atoms with E-state index in [-0.39, 0.29) is 4.90 Å². The van der Waals surface area contributed by atoms with E-state index in [1.807, 2.05) is 13.8 Å². The fourth-order valence-electron chi connectivity index (χ4n) is 2.25. The molecule has 2 heterocycles. The predicted molar refractivity (Wildman–Crippen MR) is 84.0 cm³/mol. The van der Waals surface area contributed by atoms with Gasteiger partial charge in [-0.2, -0.15) is 0 Å². The Morgan fingerprint density at radius 1 is 1.00 bits per heavy atom. The molecule has 0 aliphatic heterocycles. The van der Waals surface area contributed by atoms with E-state index in [0.717, 1.165) is 5.69 Å². The van der Waals surface area contributed by atoms with Gasteiger partial charge in [-0.05, 0) is 38.1 Å². The summed E-state index contributed by atoms with van der Waals surface area (Å²) >= 11 is 0. The smallest absolute Gasteiger partial charge is 0.257 e. The van der Waals surface area contributed by atoms with Crippen molar-refractivity contribution < 1.29 is 8.42 Å². The van der Waals surface area contributed by atoms with Crippen LogP contribution in [0.3, 0.4) is 0 Å². The number of hydrogen-bond donors (Lipinski definition) is 0. The van der Waals surface area contributed by atoms with Gasteiger partial charge in [0.2, 0.25) is 0 Å². The molecule has 5 nitrogen and oxygen atoms in total. The van der Waals surface area contributed by atoms with Crippen LogP contribution in [0, 0.1) is 13.8 Å². The Balaban J connectivity index is 2.20. The van der Waals surface area contributed by atoms with E-state index in [4.69, 9.17) is 0 Å². The van der Waals surface area contributed by atoms with Crippen molar-refractivity contribution in [1.82, 2.24) is 13.9 Å². The topological polar surface area (TPSA) is 64.8 Å². The summed E-state index contributed by atoms with van der Waals surface area (Å²) in [6.45, 7) is 3.64. The highest BCUT2D eigenvalue weighted by molar-refractivity contribution is 7.90. The second-order valence-corrected chi connectivity index (χ2v) is 6.77. The minimum atomic E-state index is -3.66. The molecular weight excluding hydrogens is 298 g/mol. The molecule has 0 amide bonds. The summed E-state index contributed by atoms with van der Waals surface area (Å²) in [4.78, 5) is 8.94. The molecule has 1 aromatic carbocycles. The van der Waals surface area contributed by atoms with Gasteiger partial charge in [0.1, 0.15) is 5.69 Å². The summed E-state index contributed by atoms with van der Waals surface area (Å²) in [5.41, 5.74) is 2.52. The second kappa shape index (κ2) is 5.38. The number of rotatable bonds is 3. The Morgan fingerprint density at radius 3 is 2.45 bits per heavy atom. The minimum Gasteiger partial charge on any atom is -0.257 e. The van der Waals surface area contributed by atoms with Crippen LogP contribution in [0.15, 0.2) is 59.8 Å². The molecule has 0 aliphatic rings. The van der Waals surface area contributed by atoms with Crippen molar-refractivity contribution in [3.8, 4) is 11.4 Å². The molecule has 22 heavy (non-hydrogen) atoms. The first-order chi connectivity index (χ1) is 10.5. The Labute approximate surface area is 129 Å². The molecule has 0 atom stereocenters. The van der Waals surface area contributed by atoms with Crippen LogP contribution in [0.25, 0.3) is 11.4 Å². The fraction of sp³-hybridized carbons (Fsp3) is 0.125. The number of nitrogens with zero attached hydrogens (tertiary/aromatic N) is 3. The lowest BCUT2D eigenvalue weighted by Gasteiger charge is -2.11. The van der Waals surface area contributed by atoms with Crippen molar-refractivity contribution in [2.45, 2.75) is 18.7 Å². The molecule has 0 unspecified atom stereocenters. The summed E-state index contributed by atoms with van der Waals surface area (Å²) in [5.74, 6) is 0. The molecule has 112 valence electrons. The van der Waals surface area contributed by atoms with E-state index in [9.17, 15) is 8.42 Å². The fourth-order valence-corrected chi connectivity index (χ4v) is 3.61. The van der Waals surface area contributed by atoms with Crippen molar-refractivity contribution in [1.29, 1.82) is 0 Å². The van der Waals surface area contributed by atoms with Crippen LogP contribution < -0.4 is 0 Å². The normalized spacial score (nSPS) is 11.5. The molecule has 2 aromatic heterocycles. The van der Waals surface area contributed by atoms with E-state index < -0.39 is 10.0 Å². The Morgan fingerprint density at radius 2 is 1.73 bits per heavy atom. The largest absolute Gasteiger partial charge is 0.268 e. The van der Waals surface area contributed by atoms with Gasteiger partial charge in [-0.15, -0.1) is 0 Å². The molecule has 3 rings (SSSR count). The summed E-state index contributed by atoms with van der Waals surface area (Å²) < 4.78 is 26.8. The van der Waals surface area contributed by atoms with Crippen LogP contribution in [0.5, 0.6) is 0 Å². The quantitative estimate of drug-likeness (QED) is 0.746. The molecule has 0 N–H and O–H groups in total. The Hall–Kier alpha value is -2.47. The number of aryl methyl sites for hydroxylation is 2. The molecule has 0 aliphatic carbocycles. The van der Waals surface area contributed by atoms with Gasteiger partial charge in [-0.3, -0.25) is 4.98 Å². The van der Waals surface area contributed by atoms with Gasteiger partial charge in [0.25, 0.3) is 10.0 Å². The van der Waals surface area contributed by atoms with E-state index in [2.05, 4.69) is 9.97 Å². The molecule has 0 fully saturated rings. The van der Waals surface area contributed by atoms with Gasteiger partial charge < -0.3 is 0 Å². The van der Waals surface area contributed by atoms with Crippen LogP contribution in [-0.2, 0) is 10.0 Å². The van der Waals surface area contributed by atoms with Crippen LogP contribution in [0.4, 0.5) is 0 Å². The highest BCUT2D eigenvalue weighted by atomic mass is 32.2. The van der Waals surface area contributed by atoms with Gasteiger partial charge in [0.05, 0.1) is 22.0 Å². The van der Waals surface area contributed by atoms with Gasteiger partial charge >= 0.3 is 0 Å². The molecule has 0 spiro atoms. The number of hydrogen-bond acceptors (Lipinski definition) is 4. The zero-order valence-corrected chi connectivity index (χ0v) is 13.1. The summed E-state index contributed by atoms with van der Waals surface area (Å²) in [7, 11) is -3.66. The standard InChI is InChI=1S/C16H15N3O2S/c1-12-11-17-13(2)16(18-12)15-9-6-10-19(15)22(20,21)14-7-4-3-5-8-14/h3-11H,1-2H3. The van der Waals surface area contributed by atoms with Crippen LogP contribution in [0.1, 0.15) is 11.4 Å². The van der Waals surface area contributed by atoms with Crippen molar-refractivity contribution in [3.63, 3.8) is 0 Å². The lowest BCUT2D eigenvalue weighted by molar-refractivity contribution is 0.588. The number of aromatic nitrogens is 3. The molecule has 6 heteroatoms. The third-order valence-corrected chi connectivity index (χ3v) is 5.04. The first-order valence-electron chi connectivity index (χ1n) is 6.79. The van der Waals surface area contributed by atoms with Gasteiger partial charge in [0.15, 0.2) is 0 Å². The van der Waals surface area contributed by atoms with Gasteiger partial charge in [-0.1, -0.05) is 18.2 Å². The maximum atomic E-state index is 12.8. The van der Waals surface area contributed by atoms with Crippen molar-refractivity contribution >= 4 is 10.0 Å². The van der Waals surface area contributed by atoms with E-state index >= 15 is 0 Å². The first-order valence-corrected chi connectivity index (χ1v) is 8.23. The average Bonchev–Trinajstić information content (AvgIpc) is 3.01. The Bertz CT molecular complexity index is 916. The third kappa shape index (κ3) is 2.42. The van der Waals surface area contributed by atoms with Gasteiger partial charge in [0, 0.05) is 12.4 Å².